The number of rotatable bonds is 3. The van der Waals surface area contributed by atoms with E-state index in [1.165, 1.54) is 0 Å². The number of nitrogens with zero attached hydrogens (tertiary/aromatic N) is 2. The van der Waals surface area contributed by atoms with E-state index in [1.807, 2.05) is 31.3 Å². The van der Waals surface area contributed by atoms with Crippen molar-refractivity contribution in [1.29, 1.82) is 0 Å². The first-order valence-electron chi connectivity index (χ1n) is 9.57. The van der Waals surface area contributed by atoms with Gasteiger partial charge in [0.2, 0.25) is 0 Å². The largest absolute Gasteiger partial charge is 0.466 e. The summed E-state index contributed by atoms with van der Waals surface area (Å²) < 4.78 is 6.89. The summed E-state index contributed by atoms with van der Waals surface area (Å²) in [7, 11) is 1.81. The van der Waals surface area contributed by atoms with Crippen LogP contribution in [-0.2, 0) is 16.6 Å². The molecule has 0 spiro atoms. The van der Waals surface area contributed by atoms with Crippen LogP contribution in [0.5, 0.6) is 0 Å². The minimum Gasteiger partial charge on any atom is -0.466 e. The van der Waals surface area contributed by atoms with Gasteiger partial charge in [0.25, 0.3) is 11.5 Å². The summed E-state index contributed by atoms with van der Waals surface area (Å²) in [6.45, 7) is 3.17. The second kappa shape index (κ2) is 7.14. The molecule has 0 radical (unpaired) electrons. The SMILES string of the molecule is CCOC(=O)C1CCN(C(=O)c2cc3c(=O)[nH]c4ccccc4c3n2C)CC1. The van der Waals surface area contributed by atoms with Crippen LogP contribution in [0.4, 0.5) is 0 Å². The number of carbonyl (C=O) groups excluding carboxylic acids is 2. The van der Waals surface area contributed by atoms with Crippen molar-refractivity contribution in [2.45, 2.75) is 19.8 Å². The van der Waals surface area contributed by atoms with Crippen molar-refractivity contribution in [3.05, 3.63) is 46.4 Å². The zero-order chi connectivity index (χ0) is 19.8. The number of fused-ring (bicyclic) bond motifs is 3. The first kappa shape index (κ1) is 18.3. The van der Waals surface area contributed by atoms with E-state index in [4.69, 9.17) is 4.74 Å². The van der Waals surface area contributed by atoms with Crippen molar-refractivity contribution >= 4 is 33.7 Å². The third kappa shape index (κ3) is 2.96. The van der Waals surface area contributed by atoms with Crippen LogP contribution < -0.4 is 5.56 Å². The molecule has 1 fully saturated rings. The summed E-state index contributed by atoms with van der Waals surface area (Å²) in [5.74, 6) is -0.454. The molecule has 1 N–H and O–H groups in total. The van der Waals surface area contributed by atoms with Gasteiger partial charge in [0.1, 0.15) is 5.69 Å². The standard InChI is InChI=1S/C21H23N3O4/c1-3-28-21(27)13-8-10-24(11-9-13)20(26)17-12-15-18(23(17)2)14-6-4-5-7-16(14)22-19(15)25/h4-7,12-13H,3,8-11H2,1-2H3,(H,22,25). The van der Waals surface area contributed by atoms with E-state index >= 15 is 0 Å². The van der Waals surface area contributed by atoms with Crippen LogP contribution in [-0.4, -0.2) is 46.0 Å². The lowest BCUT2D eigenvalue weighted by atomic mass is 9.97. The third-order valence-corrected chi connectivity index (χ3v) is 5.53. The van der Waals surface area contributed by atoms with Gasteiger partial charge >= 0.3 is 5.97 Å². The number of para-hydroxylation sites is 1. The van der Waals surface area contributed by atoms with Crippen molar-refractivity contribution in [2.24, 2.45) is 13.0 Å². The molecule has 4 rings (SSSR count). The number of H-pyrrole nitrogens is 1. The fraction of sp³-hybridized carbons (Fsp3) is 0.381. The number of amides is 1. The number of hydrogen-bond donors (Lipinski definition) is 1. The molecule has 1 aromatic carbocycles. The molecule has 3 aromatic rings. The van der Waals surface area contributed by atoms with Gasteiger partial charge in [-0.25, -0.2) is 0 Å². The molecule has 1 amide bonds. The van der Waals surface area contributed by atoms with Gasteiger partial charge in [0.05, 0.1) is 28.9 Å². The molecule has 28 heavy (non-hydrogen) atoms. The molecule has 1 aliphatic heterocycles. The lowest BCUT2D eigenvalue weighted by molar-refractivity contribution is -0.149. The number of aryl methyl sites for hydroxylation is 1. The molecular formula is C21H23N3O4. The van der Waals surface area contributed by atoms with E-state index in [9.17, 15) is 14.4 Å². The Balaban J connectivity index is 1.65. The summed E-state index contributed by atoms with van der Waals surface area (Å²) in [4.78, 5) is 42.1. The van der Waals surface area contributed by atoms with E-state index in [0.717, 1.165) is 16.4 Å². The molecule has 3 heterocycles. The van der Waals surface area contributed by atoms with Gasteiger partial charge in [-0.1, -0.05) is 18.2 Å². The Morgan fingerprint density at radius 1 is 1.18 bits per heavy atom. The molecule has 0 saturated carbocycles. The van der Waals surface area contributed by atoms with Gasteiger partial charge in [-0.2, -0.15) is 0 Å². The van der Waals surface area contributed by atoms with E-state index in [1.54, 1.807) is 22.5 Å². The number of esters is 1. The van der Waals surface area contributed by atoms with Gasteiger partial charge in [-0.05, 0) is 31.9 Å². The monoisotopic (exact) mass is 381 g/mol. The highest BCUT2D eigenvalue weighted by atomic mass is 16.5. The van der Waals surface area contributed by atoms with Gasteiger partial charge in [-0.15, -0.1) is 0 Å². The minimum atomic E-state index is -0.204. The lowest BCUT2D eigenvalue weighted by Crippen LogP contribution is -2.41. The van der Waals surface area contributed by atoms with Crippen LogP contribution in [0.25, 0.3) is 21.8 Å². The predicted octanol–water partition coefficient (Wildman–Crippen LogP) is 2.44. The normalized spacial score (nSPS) is 15.3. The Morgan fingerprint density at radius 2 is 1.89 bits per heavy atom. The fourth-order valence-electron chi connectivity index (χ4n) is 4.04. The Bertz CT molecular complexity index is 1120. The van der Waals surface area contributed by atoms with Crippen molar-refractivity contribution < 1.29 is 14.3 Å². The minimum absolute atomic E-state index is 0.121. The quantitative estimate of drug-likeness (QED) is 0.706. The zero-order valence-electron chi connectivity index (χ0n) is 16.0. The van der Waals surface area contributed by atoms with Gasteiger partial charge in [0, 0.05) is 25.5 Å². The molecule has 7 nitrogen and oxygen atoms in total. The predicted molar refractivity (Wildman–Crippen MR) is 106 cm³/mol. The molecule has 146 valence electrons. The molecule has 1 aliphatic rings. The van der Waals surface area contributed by atoms with E-state index < -0.39 is 0 Å². The highest BCUT2D eigenvalue weighted by Gasteiger charge is 2.30. The summed E-state index contributed by atoms with van der Waals surface area (Å²) >= 11 is 0. The number of nitrogens with one attached hydrogen (secondary N) is 1. The van der Waals surface area contributed by atoms with Crippen LogP contribution in [0.1, 0.15) is 30.3 Å². The summed E-state index contributed by atoms with van der Waals surface area (Å²) in [6.07, 6.45) is 1.19. The fourth-order valence-corrected chi connectivity index (χ4v) is 4.04. The number of carbonyl (C=O) groups is 2. The van der Waals surface area contributed by atoms with Crippen molar-refractivity contribution in [2.75, 3.05) is 19.7 Å². The highest BCUT2D eigenvalue weighted by molar-refractivity contribution is 6.07. The van der Waals surface area contributed by atoms with E-state index in [0.29, 0.717) is 43.6 Å². The first-order chi connectivity index (χ1) is 13.5. The van der Waals surface area contributed by atoms with Crippen molar-refractivity contribution in [3.63, 3.8) is 0 Å². The van der Waals surface area contributed by atoms with Crippen molar-refractivity contribution in [1.82, 2.24) is 14.5 Å². The maximum absolute atomic E-state index is 13.1. The number of pyridine rings is 1. The molecule has 0 bridgehead atoms. The number of aromatic nitrogens is 2. The number of aromatic amines is 1. The van der Waals surface area contributed by atoms with E-state index in [2.05, 4.69) is 4.98 Å². The first-order valence-corrected chi connectivity index (χ1v) is 9.57. The Hall–Kier alpha value is -3.09. The third-order valence-electron chi connectivity index (χ3n) is 5.53. The molecular weight excluding hydrogens is 358 g/mol. The molecule has 0 unspecified atom stereocenters. The van der Waals surface area contributed by atoms with Crippen LogP contribution in [0.15, 0.2) is 35.1 Å². The van der Waals surface area contributed by atoms with Crippen LogP contribution in [0.3, 0.4) is 0 Å². The van der Waals surface area contributed by atoms with Crippen LogP contribution in [0, 0.1) is 5.92 Å². The number of hydrogen-bond acceptors (Lipinski definition) is 4. The number of likely N-dealkylation sites (tertiary alicyclic amines) is 1. The highest BCUT2D eigenvalue weighted by Crippen LogP contribution is 2.26. The second-order valence-corrected chi connectivity index (χ2v) is 7.17. The van der Waals surface area contributed by atoms with Crippen LogP contribution >= 0.6 is 0 Å². The van der Waals surface area contributed by atoms with Crippen LogP contribution in [0.2, 0.25) is 0 Å². The summed E-state index contributed by atoms with van der Waals surface area (Å²) in [6, 6.07) is 9.24. The topological polar surface area (TPSA) is 84.4 Å². The Kier molecular flexibility index (Phi) is 4.66. The number of ether oxygens (including phenoxy) is 1. The maximum Gasteiger partial charge on any atom is 0.309 e. The number of benzene rings is 1. The van der Waals surface area contributed by atoms with Gasteiger partial charge in [-0.3, -0.25) is 14.4 Å². The lowest BCUT2D eigenvalue weighted by Gasteiger charge is -2.31. The second-order valence-electron chi connectivity index (χ2n) is 7.17. The molecule has 0 aliphatic carbocycles. The molecule has 7 heteroatoms. The average molecular weight is 381 g/mol. The Morgan fingerprint density at radius 3 is 2.61 bits per heavy atom. The average Bonchev–Trinajstić information content (AvgIpc) is 3.06. The Labute approximate surface area is 161 Å². The van der Waals surface area contributed by atoms with Gasteiger partial charge < -0.3 is 19.2 Å². The van der Waals surface area contributed by atoms with Gasteiger partial charge in [0.15, 0.2) is 0 Å². The molecule has 1 saturated heterocycles. The summed E-state index contributed by atoms with van der Waals surface area (Å²) in [5, 5.41) is 1.41. The van der Waals surface area contributed by atoms with Crippen molar-refractivity contribution in [3.8, 4) is 0 Å². The summed E-state index contributed by atoms with van der Waals surface area (Å²) in [5.41, 5.74) is 1.77. The number of piperidine rings is 1. The zero-order valence-corrected chi connectivity index (χ0v) is 16.0. The molecule has 2 aromatic heterocycles. The molecule has 0 atom stereocenters. The maximum atomic E-state index is 13.1. The smallest absolute Gasteiger partial charge is 0.309 e. The van der Waals surface area contributed by atoms with E-state index in [-0.39, 0.29) is 23.4 Å².